The van der Waals surface area contributed by atoms with Crippen LogP contribution in [0.3, 0.4) is 0 Å². The molecule has 15 heavy (non-hydrogen) atoms. The van der Waals surface area contributed by atoms with Crippen LogP contribution in [0.15, 0.2) is 24.3 Å². The Balaban J connectivity index is 2.58. The molecule has 1 saturated heterocycles. The lowest BCUT2D eigenvalue weighted by molar-refractivity contribution is -0.127. The quantitative estimate of drug-likeness (QED) is 0.558. The first-order valence-electron chi connectivity index (χ1n) is 5.62. The van der Waals surface area contributed by atoms with E-state index in [1.54, 1.807) is 6.08 Å². The van der Waals surface area contributed by atoms with Crippen LogP contribution in [-0.2, 0) is 4.79 Å². The normalized spacial score (nSPS) is 17.7. The van der Waals surface area contributed by atoms with Crippen LogP contribution in [0.5, 0.6) is 0 Å². The summed E-state index contributed by atoms with van der Waals surface area (Å²) >= 11 is 0. The first kappa shape index (κ1) is 12.0. The number of piperazine rings is 1. The van der Waals surface area contributed by atoms with Gasteiger partial charge in [-0.25, -0.2) is 0 Å². The molecule has 0 saturated carbocycles. The highest BCUT2D eigenvalue weighted by Crippen LogP contribution is 2.06. The van der Waals surface area contributed by atoms with Crippen molar-refractivity contribution in [2.75, 3.05) is 26.2 Å². The van der Waals surface area contributed by atoms with Gasteiger partial charge >= 0.3 is 0 Å². The molecule has 1 fully saturated rings. The highest BCUT2D eigenvalue weighted by atomic mass is 16.2. The Morgan fingerprint density at radius 2 is 2.13 bits per heavy atom. The molecule has 1 amide bonds. The fraction of sp³-hybridized carbons (Fsp3) is 0.583. The van der Waals surface area contributed by atoms with Crippen molar-refractivity contribution in [2.45, 2.75) is 19.8 Å². The van der Waals surface area contributed by atoms with Gasteiger partial charge in [-0.1, -0.05) is 32.1 Å². The Bertz CT molecular complexity index is 252. The van der Waals surface area contributed by atoms with E-state index in [0.717, 1.165) is 44.6 Å². The molecule has 84 valence electrons. The predicted octanol–water partition coefficient (Wildman–Crippen LogP) is 1.33. The average Bonchev–Trinajstić information content (AvgIpc) is 2.31. The number of nitrogens with zero attached hydrogens (tertiary/aromatic N) is 1. The maximum absolute atomic E-state index is 12.0. The molecule has 1 rings (SSSR count). The van der Waals surface area contributed by atoms with Crippen molar-refractivity contribution >= 4 is 5.91 Å². The van der Waals surface area contributed by atoms with E-state index in [9.17, 15) is 4.79 Å². The SMILES string of the molecule is C=C/C(=C\CCC)C(=O)N1CCNCC1. The monoisotopic (exact) mass is 208 g/mol. The molecule has 0 unspecified atom stereocenters. The van der Waals surface area contributed by atoms with E-state index in [1.165, 1.54) is 0 Å². The molecule has 3 nitrogen and oxygen atoms in total. The van der Waals surface area contributed by atoms with Gasteiger partial charge in [0.1, 0.15) is 0 Å². The molecule has 3 heteroatoms. The zero-order valence-corrected chi connectivity index (χ0v) is 9.46. The van der Waals surface area contributed by atoms with Gasteiger partial charge in [-0.3, -0.25) is 4.79 Å². The molecule has 1 aliphatic heterocycles. The smallest absolute Gasteiger partial charge is 0.253 e. The summed E-state index contributed by atoms with van der Waals surface area (Å²) in [6.45, 7) is 9.19. The molecular weight excluding hydrogens is 188 g/mol. The number of amides is 1. The zero-order chi connectivity index (χ0) is 11.1. The highest BCUT2D eigenvalue weighted by Gasteiger charge is 2.17. The van der Waals surface area contributed by atoms with Gasteiger partial charge in [0.15, 0.2) is 0 Å². The summed E-state index contributed by atoms with van der Waals surface area (Å²) in [7, 11) is 0. The predicted molar refractivity (Wildman–Crippen MR) is 62.6 cm³/mol. The topological polar surface area (TPSA) is 32.3 Å². The van der Waals surface area contributed by atoms with Gasteiger partial charge in [0, 0.05) is 31.8 Å². The van der Waals surface area contributed by atoms with E-state index >= 15 is 0 Å². The van der Waals surface area contributed by atoms with Gasteiger partial charge in [0.25, 0.3) is 5.91 Å². The van der Waals surface area contributed by atoms with Crippen molar-refractivity contribution in [3.8, 4) is 0 Å². The first-order chi connectivity index (χ1) is 7.29. The molecule has 0 aromatic carbocycles. The van der Waals surface area contributed by atoms with Crippen molar-refractivity contribution in [1.29, 1.82) is 0 Å². The summed E-state index contributed by atoms with van der Waals surface area (Å²) in [4.78, 5) is 13.9. The number of carbonyl (C=O) groups is 1. The third-order valence-corrected chi connectivity index (χ3v) is 2.52. The van der Waals surface area contributed by atoms with E-state index in [0.29, 0.717) is 0 Å². The summed E-state index contributed by atoms with van der Waals surface area (Å²) < 4.78 is 0. The first-order valence-corrected chi connectivity index (χ1v) is 5.62. The summed E-state index contributed by atoms with van der Waals surface area (Å²) in [5.41, 5.74) is 0.749. The number of nitrogens with one attached hydrogen (secondary N) is 1. The van der Waals surface area contributed by atoms with Crippen molar-refractivity contribution in [1.82, 2.24) is 10.2 Å². The number of unbranched alkanes of at least 4 members (excludes halogenated alkanes) is 1. The minimum atomic E-state index is 0.125. The van der Waals surface area contributed by atoms with E-state index in [4.69, 9.17) is 0 Å². The number of rotatable bonds is 4. The fourth-order valence-electron chi connectivity index (χ4n) is 1.61. The van der Waals surface area contributed by atoms with E-state index in [1.807, 2.05) is 11.0 Å². The number of allylic oxidation sites excluding steroid dienone is 1. The molecule has 1 aliphatic rings. The van der Waals surface area contributed by atoms with Crippen molar-refractivity contribution in [3.63, 3.8) is 0 Å². The second-order valence-electron chi connectivity index (χ2n) is 3.69. The van der Waals surface area contributed by atoms with Crippen LogP contribution >= 0.6 is 0 Å². The molecule has 0 atom stereocenters. The van der Waals surface area contributed by atoms with Gasteiger partial charge in [0.2, 0.25) is 0 Å². The molecule has 0 aromatic heterocycles. The van der Waals surface area contributed by atoms with Crippen LogP contribution < -0.4 is 5.32 Å². The lowest BCUT2D eigenvalue weighted by atomic mass is 10.1. The maximum atomic E-state index is 12.0. The summed E-state index contributed by atoms with van der Waals surface area (Å²) in [6, 6.07) is 0. The van der Waals surface area contributed by atoms with Crippen LogP contribution in [0.2, 0.25) is 0 Å². The number of carbonyl (C=O) groups excluding carboxylic acids is 1. The van der Waals surface area contributed by atoms with Gasteiger partial charge in [-0.05, 0) is 6.42 Å². The Morgan fingerprint density at radius 1 is 1.47 bits per heavy atom. The minimum Gasteiger partial charge on any atom is -0.336 e. The number of hydrogen-bond donors (Lipinski definition) is 1. The third-order valence-electron chi connectivity index (χ3n) is 2.52. The van der Waals surface area contributed by atoms with E-state index < -0.39 is 0 Å². The summed E-state index contributed by atoms with van der Waals surface area (Å²) in [5, 5.41) is 3.23. The molecule has 1 heterocycles. The van der Waals surface area contributed by atoms with Gasteiger partial charge in [-0.2, -0.15) is 0 Å². The van der Waals surface area contributed by atoms with Crippen LogP contribution in [0.1, 0.15) is 19.8 Å². The zero-order valence-electron chi connectivity index (χ0n) is 9.46. The Kier molecular flexibility index (Phi) is 5.12. The van der Waals surface area contributed by atoms with Gasteiger partial charge in [-0.15, -0.1) is 0 Å². The van der Waals surface area contributed by atoms with Gasteiger partial charge in [0.05, 0.1) is 0 Å². The lowest BCUT2D eigenvalue weighted by Gasteiger charge is -2.27. The van der Waals surface area contributed by atoms with Crippen molar-refractivity contribution in [2.24, 2.45) is 0 Å². The minimum absolute atomic E-state index is 0.125. The van der Waals surface area contributed by atoms with Crippen molar-refractivity contribution in [3.05, 3.63) is 24.3 Å². The molecule has 0 spiro atoms. The standard InChI is InChI=1S/C12H20N2O/c1-3-5-6-11(4-2)12(15)14-9-7-13-8-10-14/h4,6,13H,2-3,5,7-10H2,1H3/b11-6+. The second-order valence-corrected chi connectivity index (χ2v) is 3.69. The third kappa shape index (κ3) is 3.51. The molecule has 1 N–H and O–H groups in total. The Hall–Kier alpha value is -1.09. The van der Waals surface area contributed by atoms with Crippen LogP contribution in [0.25, 0.3) is 0 Å². The molecule has 0 aliphatic carbocycles. The Morgan fingerprint density at radius 3 is 2.67 bits per heavy atom. The molecule has 0 radical (unpaired) electrons. The van der Waals surface area contributed by atoms with Crippen molar-refractivity contribution < 1.29 is 4.79 Å². The summed E-state index contributed by atoms with van der Waals surface area (Å²) in [6.07, 6.45) is 5.66. The van der Waals surface area contributed by atoms with Crippen LogP contribution in [0.4, 0.5) is 0 Å². The summed E-state index contributed by atoms with van der Waals surface area (Å²) in [5.74, 6) is 0.125. The lowest BCUT2D eigenvalue weighted by Crippen LogP contribution is -2.46. The fourth-order valence-corrected chi connectivity index (χ4v) is 1.61. The Labute approximate surface area is 91.8 Å². The van der Waals surface area contributed by atoms with Crippen LogP contribution in [-0.4, -0.2) is 37.0 Å². The largest absolute Gasteiger partial charge is 0.336 e. The molecule has 0 aromatic rings. The maximum Gasteiger partial charge on any atom is 0.253 e. The second kappa shape index (κ2) is 6.40. The average molecular weight is 208 g/mol. The van der Waals surface area contributed by atoms with Crippen LogP contribution in [0, 0.1) is 0 Å². The number of hydrogen-bond acceptors (Lipinski definition) is 2. The molecule has 0 bridgehead atoms. The van der Waals surface area contributed by atoms with E-state index in [2.05, 4.69) is 18.8 Å². The van der Waals surface area contributed by atoms with Gasteiger partial charge < -0.3 is 10.2 Å². The highest BCUT2D eigenvalue weighted by molar-refractivity contribution is 5.96. The van der Waals surface area contributed by atoms with E-state index in [-0.39, 0.29) is 5.91 Å². The molecular formula is C12H20N2O.